The number of nitrogens with one attached hydrogen (secondary N) is 2. The van der Waals surface area contributed by atoms with Crippen LogP contribution in [0.4, 0.5) is 11.4 Å². The van der Waals surface area contributed by atoms with Crippen molar-refractivity contribution in [1.29, 1.82) is 0 Å². The van der Waals surface area contributed by atoms with Gasteiger partial charge >= 0.3 is 0 Å². The molecule has 0 aliphatic heterocycles. The molecule has 0 aliphatic rings. The molecule has 21 heavy (non-hydrogen) atoms. The lowest BCUT2D eigenvalue weighted by molar-refractivity contribution is -0.119. The Bertz CT molecular complexity index is 469. The molecule has 0 bridgehead atoms. The van der Waals surface area contributed by atoms with Crippen molar-refractivity contribution in [3.8, 4) is 0 Å². The summed E-state index contributed by atoms with van der Waals surface area (Å²) in [6, 6.07) is 6.53. The second kappa shape index (κ2) is 8.42. The Labute approximate surface area is 126 Å². The van der Waals surface area contributed by atoms with E-state index in [-0.39, 0.29) is 17.7 Å². The molecule has 4 N–H and O–H groups in total. The number of hydrogen-bond donors (Lipinski definition) is 3. The molecular formula is C16H25N3O2. The van der Waals surface area contributed by atoms with Crippen molar-refractivity contribution in [3.63, 3.8) is 0 Å². The van der Waals surface area contributed by atoms with E-state index in [1.807, 2.05) is 13.8 Å². The highest BCUT2D eigenvalue weighted by Crippen LogP contribution is 2.15. The van der Waals surface area contributed by atoms with Gasteiger partial charge < -0.3 is 16.4 Å². The molecule has 1 rings (SSSR count). The van der Waals surface area contributed by atoms with Crippen molar-refractivity contribution >= 4 is 23.2 Å². The Morgan fingerprint density at radius 3 is 1.95 bits per heavy atom. The van der Waals surface area contributed by atoms with Crippen LogP contribution in [0.3, 0.4) is 0 Å². The van der Waals surface area contributed by atoms with Gasteiger partial charge in [0.05, 0.1) is 6.04 Å². The van der Waals surface area contributed by atoms with Gasteiger partial charge in [-0.05, 0) is 30.7 Å². The van der Waals surface area contributed by atoms with Gasteiger partial charge in [-0.2, -0.15) is 0 Å². The molecule has 0 saturated heterocycles. The fourth-order valence-corrected chi connectivity index (χ4v) is 1.71. The van der Waals surface area contributed by atoms with E-state index in [1.54, 1.807) is 24.3 Å². The highest BCUT2D eigenvalue weighted by atomic mass is 16.2. The standard InChI is InChI=1S/C16H25N3O2/c1-4-5-6-14(17)16(21)19-13-9-7-12(8-10-13)18-15(20)11(2)3/h7-11,14H,4-6,17H2,1-3H3,(H,18,20)(H,19,21). The topological polar surface area (TPSA) is 84.2 Å². The molecule has 1 atom stereocenters. The Balaban J connectivity index is 2.54. The van der Waals surface area contributed by atoms with Gasteiger partial charge in [0.25, 0.3) is 0 Å². The summed E-state index contributed by atoms with van der Waals surface area (Å²) in [5.41, 5.74) is 7.20. The van der Waals surface area contributed by atoms with Crippen molar-refractivity contribution in [2.24, 2.45) is 11.7 Å². The van der Waals surface area contributed by atoms with Gasteiger partial charge in [0.1, 0.15) is 0 Å². The maximum atomic E-state index is 11.9. The molecule has 0 heterocycles. The lowest BCUT2D eigenvalue weighted by Crippen LogP contribution is -2.35. The molecule has 5 nitrogen and oxygen atoms in total. The summed E-state index contributed by atoms with van der Waals surface area (Å²) in [6.45, 7) is 5.73. The first-order valence-corrected chi connectivity index (χ1v) is 7.41. The molecule has 0 radical (unpaired) electrons. The molecule has 5 heteroatoms. The van der Waals surface area contributed by atoms with E-state index >= 15 is 0 Å². The normalized spacial score (nSPS) is 12.0. The predicted octanol–water partition coefficient (Wildman–Crippen LogP) is 2.74. The molecule has 1 unspecified atom stereocenters. The summed E-state index contributed by atoms with van der Waals surface area (Å²) >= 11 is 0. The average molecular weight is 291 g/mol. The van der Waals surface area contributed by atoms with Crippen LogP contribution in [0.25, 0.3) is 0 Å². The summed E-state index contributed by atoms with van der Waals surface area (Å²) < 4.78 is 0. The Morgan fingerprint density at radius 1 is 1.05 bits per heavy atom. The summed E-state index contributed by atoms with van der Waals surface area (Å²) in [4.78, 5) is 23.4. The van der Waals surface area contributed by atoms with E-state index in [4.69, 9.17) is 5.73 Å². The molecule has 2 amide bonds. The Kier molecular flexibility index (Phi) is 6.88. The van der Waals surface area contributed by atoms with E-state index in [1.165, 1.54) is 0 Å². The molecule has 0 fully saturated rings. The van der Waals surface area contributed by atoms with Gasteiger partial charge in [-0.3, -0.25) is 9.59 Å². The number of benzene rings is 1. The van der Waals surface area contributed by atoms with Crippen molar-refractivity contribution in [2.75, 3.05) is 10.6 Å². The first kappa shape index (κ1) is 17.2. The van der Waals surface area contributed by atoms with E-state index in [2.05, 4.69) is 17.6 Å². The average Bonchev–Trinajstić information content (AvgIpc) is 2.46. The zero-order chi connectivity index (χ0) is 15.8. The molecule has 1 aromatic rings. The van der Waals surface area contributed by atoms with Crippen LogP contribution in [0.1, 0.15) is 40.0 Å². The number of carbonyl (C=O) groups excluding carboxylic acids is 2. The summed E-state index contributed by atoms with van der Waals surface area (Å²) in [5, 5.41) is 5.57. The highest BCUT2D eigenvalue weighted by molar-refractivity contribution is 5.95. The molecule has 0 saturated carbocycles. The maximum absolute atomic E-state index is 11.9. The minimum atomic E-state index is -0.481. The van der Waals surface area contributed by atoms with Crippen LogP contribution in [0, 0.1) is 5.92 Å². The number of hydrogen-bond acceptors (Lipinski definition) is 3. The first-order chi connectivity index (χ1) is 9.93. The van der Waals surface area contributed by atoms with Gasteiger partial charge in [-0.1, -0.05) is 33.6 Å². The van der Waals surface area contributed by atoms with Gasteiger partial charge in [0, 0.05) is 17.3 Å². The van der Waals surface area contributed by atoms with Crippen molar-refractivity contribution in [1.82, 2.24) is 0 Å². The number of carbonyl (C=O) groups is 2. The Hall–Kier alpha value is -1.88. The van der Waals surface area contributed by atoms with E-state index in [0.717, 1.165) is 12.8 Å². The molecule has 0 aliphatic carbocycles. The lowest BCUT2D eigenvalue weighted by atomic mass is 10.1. The number of anilines is 2. The monoisotopic (exact) mass is 291 g/mol. The maximum Gasteiger partial charge on any atom is 0.241 e. The SMILES string of the molecule is CCCCC(N)C(=O)Nc1ccc(NC(=O)C(C)C)cc1. The number of rotatable bonds is 7. The molecular weight excluding hydrogens is 266 g/mol. The van der Waals surface area contributed by atoms with Crippen LogP contribution < -0.4 is 16.4 Å². The van der Waals surface area contributed by atoms with Crippen molar-refractivity contribution in [3.05, 3.63) is 24.3 Å². The quantitative estimate of drug-likeness (QED) is 0.722. The fourth-order valence-electron chi connectivity index (χ4n) is 1.71. The zero-order valence-corrected chi connectivity index (χ0v) is 13.0. The van der Waals surface area contributed by atoms with Crippen LogP contribution in [0.2, 0.25) is 0 Å². The number of unbranched alkanes of at least 4 members (excludes halogenated alkanes) is 1. The minimum absolute atomic E-state index is 0.0339. The van der Waals surface area contributed by atoms with Gasteiger partial charge in [0.15, 0.2) is 0 Å². The zero-order valence-electron chi connectivity index (χ0n) is 13.0. The lowest BCUT2D eigenvalue weighted by Gasteiger charge is -2.12. The van der Waals surface area contributed by atoms with Crippen molar-refractivity contribution in [2.45, 2.75) is 46.1 Å². The van der Waals surface area contributed by atoms with Crippen LogP contribution in [0.15, 0.2) is 24.3 Å². The first-order valence-electron chi connectivity index (χ1n) is 7.41. The summed E-state index contributed by atoms with van der Waals surface area (Å²) in [7, 11) is 0. The predicted molar refractivity (Wildman–Crippen MR) is 86.0 cm³/mol. The third-order valence-electron chi connectivity index (χ3n) is 3.15. The summed E-state index contributed by atoms with van der Waals surface area (Å²) in [6.07, 6.45) is 2.64. The minimum Gasteiger partial charge on any atom is -0.326 e. The number of nitrogens with two attached hydrogens (primary N) is 1. The number of amides is 2. The third kappa shape index (κ3) is 5.95. The molecule has 0 aromatic heterocycles. The van der Waals surface area contributed by atoms with E-state index < -0.39 is 6.04 Å². The van der Waals surface area contributed by atoms with Crippen LogP contribution >= 0.6 is 0 Å². The molecule has 1 aromatic carbocycles. The van der Waals surface area contributed by atoms with Crippen LogP contribution in [-0.4, -0.2) is 17.9 Å². The van der Waals surface area contributed by atoms with Crippen LogP contribution in [-0.2, 0) is 9.59 Å². The van der Waals surface area contributed by atoms with Crippen LogP contribution in [0.5, 0.6) is 0 Å². The smallest absolute Gasteiger partial charge is 0.241 e. The van der Waals surface area contributed by atoms with E-state index in [0.29, 0.717) is 17.8 Å². The van der Waals surface area contributed by atoms with Gasteiger partial charge in [-0.25, -0.2) is 0 Å². The second-order valence-corrected chi connectivity index (χ2v) is 5.46. The van der Waals surface area contributed by atoms with Crippen molar-refractivity contribution < 1.29 is 9.59 Å². The summed E-state index contributed by atoms with van der Waals surface area (Å²) in [5.74, 6) is -0.281. The van der Waals surface area contributed by atoms with E-state index in [9.17, 15) is 9.59 Å². The Morgan fingerprint density at radius 2 is 1.52 bits per heavy atom. The molecule has 0 spiro atoms. The van der Waals surface area contributed by atoms with Gasteiger partial charge in [-0.15, -0.1) is 0 Å². The molecule has 116 valence electrons. The highest BCUT2D eigenvalue weighted by Gasteiger charge is 2.13. The largest absolute Gasteiger partial charge is 0.326 e. The third-order valence-corrected chi connectivity index (χ3v) is 3.15. The fraction of sp³-hybridized carbons (Fsp3) is 0.500. The van der Waals surface area contributed by atoms with Gasteiger partial charge in [0.2, 0.25) is 11.8 Å². The second-order valence-electron chi connectivity index (χ2n) is 5.46.